The lowest BCUT2D eigenvalue weighted by molar-refractivity contribution is -0.126. The maximum absolute atomic E-state index is 12.3. The second-order valence-electron chi connectivity index (χ2n) is 6.85. The summed E-state index contributed by atoms with van der Waals surface area (Å²) in [7, 11) is -3.18. The van der Waals surface area contributed by atoms with E-state index in [1.807, 2.05) is 31.2 Å². The summed E-state index contributed by atoms with van der Waals surface area (Å²) in [6.07, 6.45) is 2.73. The summed E-state index contributed by atoms with van der Waals surface area (Å²) in [4.78, 5) is 12.3. The van der Waals surface area contributed by atoms with Crippen LogP contribution in [-0.2, 0) is 21.2 Å². The van der Waals surface area contributed by atoms with Crippen molar-refractivity contribution in [2.75, 3.05) is 25.9 Å². The zero-order chi connectivity index (χ0) is 19.4. The molecular formula is C18H24N4O4S. The standard InChI is InChI=1S/C18H24N4O4S/c1-13-4-3-5-15(12-13)18-21-20-16(26-18)6-9-19-17(23)14-7-10-22(11-8-14)27(2,24)25/h3-5,12,14H,6-11H2,1-2H3,(H,19,23). The van der Waals surface area contributed by atoms with Crippen LogP contribution in [0.25, 0.3) is 11.5 Å². The number of nitrogens with zero attached hydrogens (tertiary/aromatic N) is 3. The van der Waals surface area contributed by atoms with Crippen LogP contribution in [0.3, 0.4) is 0 Å². The van der Waals surface area contributed by atoms with Gasteiger partial charge in [-0.15, -0.1) is 10.2 Å². The van der Waals surface area contributed by atoms with Crippen LogP contribution < -0.4 is 5.32 Å². The highest BCUT2D eigenvalue weighted by molar-refractivity contribution is 7.88. The Morgan fingerprint density at radius 2 is 2.04 bits per heavy atom. The molecule has 2 aromatic rings. The number of carbonyl (C=O) groups is 1. The topological polar surface area (TPSA) is 105 Å². The summed E-state index contributed by atoms with van der Waals surface area (Å²) in [6, 6.07) is 7.82. The molecule has 1 aromatic heterocycles. The number of aryl methyl sites for hydroxylation is 1. The summed E-state index contributed by atoms with van der Waals surface area (Å²) < 4.78 is 30.1. The molecule has 0 unspecified atom stereocenters. The number of nitrogens with one attached hydrogen (secondary N) is 1. The molecule has 8 nitrogen and oxygen atoms in total. The summed E-state index contributed by atoms with van der Waals surface area (Å²) >= 11 is 0. The average Bonchev–Trinajstić information content (AvgIpc) is 3.10. The van der Waals surface area contributed by atoms with Crippen molar-refractivity contribution in [2.24, 2.45) is 5.92 Å². The van der Waals surface area contributed by atoms with Gasteiger partial charge in [0.15, 0.2) is 0 Å². The first kappa shape index (κ1) is 19.5. The van der Waals surface area contributed by atoms with Gasteiger partial charge < -0.3 is 9.73 Å². The van der Waals surface area contributed by atoms with Crippen molar-refractivity contribution in [3.05, 3.63) is 35.7 Å². The average molecular weight is 392 g/mol. The molecule has 1 aromatic carbocycles. The number of amides is 1. The highest BCUT2D eigenvalue weighted by atomic mass is 32.2. The Labute approximate surface area is 159 Å². The molecule has 27 heavy (non-hydrogen) atoms. The first-order valence-corrected chi connectivity index (χ1v) is 10.8. The van der Waals surface area contributed by atoms with Gasteiger partial charge in [0.05, 0.1) is 6.26 Å². The van der Waals surface area contributed by atoms with Crippen molar-refractivity contribution < 1.29 is 17.6 Å². The first-order chi connectivity index (χ1) is 12.8. The Kier molecular flexibility index (Phi) is 5.91. The Hall–Kier alpha value is -2.26. The molecular weight excluding hydrogens is 368 g/mol. The maximum Gasteiger partial charge on any atom is 0.247 e. The molecule has 146 valence electrons. The summed E-state index contributed by atoms with van der Waals surface area (Å²) in [5.74, 6) is 0.724. The van der Waals surface area contributed by atoms with E-state index < -0.39 is 10.0 Å². The molecule has 0 radical (unpaired) electrons. The Morgan fingerprint density at radius 1 is 1.30 bits per heavy atom. The van der Waals surface area contributed by atoms with Crippen LogP contribution >= 0.6 is 0 Å². The number of rotatable bonds is 6. The quantitative estimate of drug-likeness (QED) is 0.796. The molecule has 1 aliphatic rings. The highest BCUT2D eigenvalue weighted by Crippen LogP contribution is 2.20. The molecule has 1 amide bonds. The third-order valence-electron chi connectivity index (χ3n) is 4.66. The lowest BCUT2D eigenvalue weighted by Crippen LogP contribution is -2.42. The van der Waals surface area contributed by atoms with Crippen LogP contribution in [0, 0.1) is 12.8 Å². The van der Waals surface area contributed by atoms with E-state index in [-0.39, 0.29) is 11.8 Å². The Morgan fingerprint density at radius 3 is 2.70 bits per heavy atom. The smallest absolute Gasteiger partial charge is 0.247 e. The van der Waals surface area contributed by atoms with E-state index in [4.69, 9.17) is 4.42 Å². The third kappa shape index (κ3) is 5.14. The molecule has 0 spiro atoms. The van der Waals surface area contributed by atoms with E-state index in [2.05, 4.69) is 15.5 Å². The molecule has 1 N–H and O–H groups in total. The number of carbonyl (C=O) groups excluding carboxylic acids is 1. The fourth-order valence-corrected chi connectivity index (χ4v) is 4.01. The molecule has 9 heteroatoms. The molecule has 0 bridgehead atoms. The first-order valence-electron chi connectivity index (χ1n) is 8.95. The van der Waals surface area contributed by atoms with Gasteiger partial charge >= 0.3 is 0 Å². The predicted molar refractivity (Wildman–Crippen MR) is 100 cm³/mol. The van der Waals surface area contributed by atoms with E-state index in [0.717, 1.165) is 11.1 Å². The normalized spacial score (nSPS) is 16.4. The molecule has 1 saturated heterocycles. The molecule has 0 aliphatic carbocycles. The van der Waals surface area contributed by atoms with Crippen molar-refractivity contribution >= 4 is 15.9 Å². The minimum atomic E-state index is -3.18. The molecule has 0 saturated carbocycles. The number of hydrogen-bond acceptors (Lipinski definition) is 6. The summed E-state index contributed by atoms with van der Waals surface area (Å²) in [6.45, 7) is 3.18. The SMILES string of the molecule is Cc1cccc(-c2nnc(CCNC(=O)C3CCN(S(C)(=O)=O)CC3)o2)c1. The van der Waals surface area contributed by atoms with Gasteiger partial charge in [-0.1, -0.05) is 17.7 Å². The number of piperidine rings is 1. The van der Waals surface area contributed by atoms with Gasteiger partial charge in [0, 0.05) is 37.5 Å². The Balaban J connectivity index is 1.46. The largest absolute Gasteiger partial charge is 0.421 e. The third-order valence-corrected chi connectivity index (χ3v) is 5.97. The lowest BCUT2D eigenvalue weighted by atomic mass is 9.97. The highest BCUT2D eigenvalue weighted by Gasteiger charge is 2.28. The number of benzene rings is 1. The van der Waals surface area contributed by atoms with Crippen LogP contribution in [-0.4, -0.2) is 54.7 Å². The van der Waals surface area contributed by atoms with Gasteiger partial charge in [-0.25, -0.2) is 12.7 Å². The zero-order valence-corrected chi connectivity index (χ0v) is 16.3. The zero-order valence-electron chi connectivity index (χ0n) is 15.5. The van der Waals surface area contributed by atoms with Crippen molar-refractivity contribution in [3.8, 4) is 11.5 Å². The Bertz CT molecular complexity index is 902. The monoisotopic (exact) mass is 392 g/mol. The number of hydrogen-bond donors (Lipinski definition) is 1. The van der Waals surface area contributed by atoms with Gasteiger partial charge in [0.25, 0.3) is 0 Å². The van der Waals surface area contributed by atoms with Crippen LogP contribution in [0.5, 0.6) is 0 Å². The van der Waals surface area contributed by atoms with Gasteiger partial charge in [0.1, 0.15) is 0 Å². The molecule has 3 rings (SSSR count). The summed E-state index contributed by atoms with van der Waals surface area (Å²) in [5, 5.41) is 11.0. The van der Waals surface area contributed by atoms with Crippen molar-refractivity contribution in [1.29, 1.82) is 0 Å². The van der Waals surface area contributed by atoms with Gasteiger partial charge in [-0.3, -0.25) is 4.79 Å². The number of sulfonamides is 1. The predicted octanol–water partition coefficient (Wildman–Crippen LogP) is 1.38. The second kappa shape index (κ2) is 8.18. The van der Waals surface area contributed by atoms with E-state index in [9.17, 15) is 13.2 Å². The van der Waals surface area contributed by atoms with Crippen molar-refractivity contribution in [1.82, 2.24) is 19.8 Å². The van der Waals surface area contributed by atoms with Gasteiger partial charge in [-0.05, 0) is 31.9 Å². The van der Waals surface area contributed by atoms with Crippen molar-refractivity contribution in [3.63, 3.8) is 0 Å². The lowest BCUT2D eigenvalue weighted by Gasteiger charge is -2.29. The molecule has 1 fully saturated rings. The maximum atomic E-state index is 12.3. The minimum Gasteiger partial charge on any atom is -0.421 e. The van der Waals surface area contributed by atoms with Crippen LogP contribution in [0.15, 0.2) is 28.7 Å². The second-order valence-corrected chi connectivity index (χ2v) is 8.83. The van der Waals surface area contributed by atoms with E-state index in [1.54, 1.807) is 0 Å². The van der Waals surface area contributed by atoms with Crippen LogP contribution in [0.4, 0.5) is 0 Å². The van der Waals surface area contributed by atoms with Crippen LogP contribution in [0.1, 0.15) is 24.3 Å². The summed E-state index contributed by atoms with van der Waals surface area (Å²) in [5.41, 5.74) is 1.98. The molecule has 1 aliphatic heterocycles. The molecule has 0 atom stereocenters. The van der Waals surface area contributed by atoms with E-state index in [1.165, 1.54) is 10.6 Å². The fourth-order valence-electron chi connectivity index (χ4n) is 3.14. The fraction of sp³-hybridized carbons (Fsp3) is 0.500. The van der Waals surface area contributed by atoms with Gasteiger partial charge in [0.2, 0.25) is 27.7 Å². The van der Waals surface area contributed by atoms with Crippen LogP contribution in [0.2, 0.25) is 0 Å². The number of aromatic nitrogens is 2. The van der Waals surface area contributed by atoms with Gasteiger partial charge in [-0.2, -0.15) is 0 Å². The van der Waals surface area contributed by atoms with Crippen molar-refractivity contribution in [2.45, 2.75) is 26.2 Å². The minimum absolute atomic E-state index is 0.0541. The van der Waals surface area contributed by atoms with E-state index >= 15 is 0 Å². The van der Waals surface area contributed by atoms with E-state index in [0.29, 0.717) is 50.7 Å². The molecule has 2 heterocycles.